The minimum Gasteiger partial charge on any atom is -0.494 e. The minimum absolute atomic E-state index is 0.153. The van der Waals surface area contributed by atoms with Gasteiger partial charge >= 0.3 is 0 Å². The molecular formula is C26H26N4O3. The van der Waals surface area contributed by atoms with E-state index in [-0.39, 0.29) is 18.4 Å². The van der Waals surface area contributed by atoms with E-state index in [1.165, 1.54) is 0 Å². The van der Waals surface area contributed by atoms with Crippen molar-refractivity contribution < 1.29 is 14.3 Å². The second kappa shape index (κ2) is 9.99. The number of hydrogen-bond acceptors (Lipinski definition) is 4. The third kappa shape index (κ3) is 5.03. The molecule has 0 bridgehead atoms. The number of imidazole rings is 1. The first-order chi connectivity index (χ1) is 16.1. The van der Waals surface area contributed by atoms with Gasteiger partial charge < -0.3 is 19.9 Å². The maximum absolute atomic E-state index is 12.8. The number of amides is 2. The standard InChI is InChI=1S/C26H26N4O3/c1-3-33-20-15-13-19(14-16-20)26(32)27-17-23(31)29-24(18-9-5-4-6-10-18)25-28-21-11-7-8-12-22(21)30(25)2/h4-16,24H,3,17H2,1-2H3,(H,27,32)(H,29,31). The quantitative estimate of drug-likeness (QED) is 0.437. The van der Waals surface area contributed by atoms with Gasteiger partial charge in [-0.1, -0.05) is 42.5 Å². The van der Waals surface area contributed by atoms with Crippen LogP contribution in [0.2, 0.25) is 0 Å². The second-order valence-electron chi connectivity index (χ2n) is 7.57. The Kier molecular flexibility index (Phi) is 6.69. The molecule has 0 saturated heterocycles. The lowest BCUT2D eigenvalue weighted by molar-refractivity contribution is -0.120. The first-order valence-electron chi connectivity index (χ1n) is 10.8. The van der Waals surface area contributed by atoms with Crippen molar-refractivity contribution in [1.82, 2.24) is 20.2 Å². The highest BCUT2D eigenvalue weighted by Crippen LogP contribution is 2.25. The van der Waals surface area contributed by atoms with Crippen LogP contribution < -0.4 is 15.4 Å². The molecule has 1 aromatic heterocycles. The molecule has 0 aliphatic heterocycles. The van der Waals surface area contributed by atoms with Crippen molar-refractivity contribution in [3.05, 3.63) is 95.8 Å². The number of aryl methyl sites for hydroxylation is 1. The molecule has 0 aliphatic carbocycles. The van der Waals surface area contributed by atoms with Crippen LogP contribution >= 0.6 is 0 Å². The molecule has 4 aromatic rings. The highest BCUT2D eigenvalue weighted by molar-refractivity contribution is 5.96. The molecule has 168 valence electrons. The zero-order valence-corrected chi connectivity index (χ0v) is 18.6. The molecule has 1 atom stereocenters. The summed E-state index contributed by atoms with van der Waals surface area (Å²) in [7, 11) is 1.93. The number of para-hydroxylation sites is 2. The topological polar surface area (TPSA) is 85.2 Å². The van der Waals surface area contributed by atoms with Crippen molar-refractivity contribution in [3.8, 4) is 5.75 Å². The molecule has 2 N–H and O–H groups in total. The number of aromatic nitrogens is 2. The molecule has 0 saturated carbocycles. The van der Waals surface area contributed by atoms with Gasteiger partial charge in [0, 0.05) is 12.6 Å². The Morgan fingerprint density at radius 1 is 0.970 bits per heavy atom. The molecule has 0 radical (unpaired) electrons. The van der Waals surface area contributed by atoms with Gasteiger partial charge in [0.2, 0.25) is 5.91 Å². The number of benzene rings is 3. The van der Waals surface area contributed by atoms with Crippen LogP contribution in [0.25, 0.3) is 11.0 Å². The fourth-order valence-corrected chi connectivity index (χ4v) is 3.71. The highest BCUT2D eigenvalue weighted by Gasteiger charge is 2.23. The van der Waals surface area contributed by atoms with Crippen LogP contribution in [-0.2, 0) is 11.8 Å². The number of carbonyl (C=O) groups excluding carboxylic acids is 2. The predicted octanol–water partition coefficient (Wildman–Crippen LogP) is 3.61. The van der Waals surface area contributed by atoms with E-state index in [4.69, 9.17) is 9.72 Å². The Bertz CT molecular complexity index is 1250. The smallest absolute Gasteiger partial charge is 0.251 e. The van der Waals surface area contributed by atoms with Crippen LogP contribution in [0.4, 0.5) is 0 Å². The van der Waals surface area contributed by atoms with Gasteiger partial charge in [-0.3, -0.25) is 9.59 Å². The fraction of sp³-hybridized carbons (Fsp3) is 0.192. The SMILES string of the molecule is CCOc1ccc(C(=O)NCC(=O)NC(c2ccccc2)c2nc3ccccc3n2C)cc1. The van der Waals surface area contributed by atoms with Crippen LogP contribution in [0.15, 0.2) is 78.9 Å². The Hall–Kier alpha value is -4.13. The number of ether oxygens (including phenoxy) is 1. The van der Waals surface area contributed by atoms with E-state index in [9.17, 15) is 9.59 Å². The molecular weight excluding hydrogens is 416 g/mol. The van der Waals surface area contributed by atoms with E-state index in [0.717, 1.165) is 16.6 Å². The second-order valence-corrected chi connectivity index (χ2v) is 7.57. The Morgan fingerprint density at radius 2 is 1.67 bits per heavy atom. The third-order valence-electron chi connectivity index (χ3n) is 5.36. The van der Waals surface area contributed by atoms with Crippen LogP contribution in [0, 0.1) is 0 Å². The molecule has 1 heterocycles. The van der Waals surface area contributed by atoms with Crippen molar-refractivity contribution in [2.75, 3.05) is 13.2 Å². The minimum atomic E-state index is -0.460. The van der Waals surface area contributed by atoms with Gasteiger partial charge in [0.25, 0.3) is 5.91 Å². The van der Waals surface area contributed by atoms with E-state index in [1.807, 2.05) is 73.1 Å². The first-order valence-corrected chi connectivity index (χ1v) is 10.8. The van der Waals surface area contributed by atoms with Gasteiger partial charge in [0.1, 0.15) is 17.6 Å². The summed E-state index contributed by atoms with van der Waals surface area (Å²) in [5, 5.41) is 5.71. The molecule has 0 aliphatic rings. The summed E-state index contributed by atoms with van der Waals surface area (Å²) in [5.74, 6) is 0.774. The highest BCUT2D eigenvalue weighted by atomic mass is 16.5. The van der Waals surface area contributed by atoms with E-state index >= 15 is 0 Å². The van der Waals surface area contributed by atoms with Gasteiger partial charge in [-0.15, -0.1) is 0 Å². The zero-order chi connectivity index (χ0) is 23.2. The maximum Gasteiger partial charge on any atom is 0.251 e. The van der Waals surface area contributed by atoms with Crippen molar-refractivity contribution in [2.24, 2.45) is 7.05 Å². The summed E-state index contributed by atoms with van der Waals surface area (Å²) in [6.45, 7) is 2.30. The molecule has 0 spiro atoms. The zero-order valence-electron chi connectivity index (χ0n) is 18.6. The molecule has 7 nitrogen and oxygen atoms in total. The molecule has 3 aromatic carbocycles. The molecule has 33 heavy (non-hydrogen) atoms. The molecule has 4 rings (SSSR count). The summed E-state index contributed by atoms with van der Waals surface area (Å²) < 4.78 is 7.37. The predicted molar refractivity (Wildman–Crippen MR) is 127 cm³/mol. The van der Waals surface area contributed by atoms with Crippen LogP contribution in [0.1, 0.15) is 34.7 Å². The third-order valence-corrected chi connectivity index (χ3v) is 5.36. The van der Waals surface area contributed by atoms with Gasteiger partial charge in [-0.2, -0.15) is 0 Å². The Balaban J connectivity index is 1.49. The Labute approximate surface area is 192 Å². The van der Waals surface area contributed by atoms with Gasteiger partial charge in [0.15, 0.2) is 0 Å². The molecule has 7 heteroatoms. The molecule has 1 unspecified atom stereocenters. The summed E-state index contributed by atoms with van der Waals surface area (Å²) in [6, 6.07) is 23.8. The van der Waals surface area contributed by atoms with Crippen molar-refractivity contribution in [1.29, 1.82) is 0 Å². The molecule has 0 fully saturated rings. The number of nitrogens with zero attached hydrogens (tertiary/aromatic N) is 2. The lowest BCUT2D eigenvalue weighted by Crippen LogP contribution is -2.39. The summed E-state index contributed by atoms with van der Waals surface area (Å²) in [4.78, 5) is 30.0. The molecule has 2 amide bonds. The van der Waals surface area contributed by atoms with E-state index in [1.54, 1.807) is 24.3 Å². The van der Waals surface area contributed by atoms with Crippen molar-refractivity contribution >= 4 is 22.8 Å². The van der Waals surface area contributed by atoms with E-state index in [2.05, 4.69) is 10.6 Å². The summed E-state index contributed by atoms with van der Waals surface area (Å²) in [5.41, 5.74) is 3.20. The van der Waals surface area contributed by atoms with Crippen LogP contribution in [-0.4, -0.2) is 34.5 Å². The summed E-state index contributed by atoms with van der Waals surface area (Å²) >= 11 is 0. The van der Waals surface area contributed by atoms with Gasteiger partial charge in [-0.25, -0.2) is 4.98 Å². The largest absolute Gasteiger partial charge is 0.494 e. The van der Waals surface area contributed by atoms with Crippen molar-refractivity contribution in [2.45, 2.75) is 13.0 Å². The van der Waals surface area contributed by atoms with Crippen LogP contribution in [0.3, 0.4) is 0 Å². The monoisotopic (exact) mass is 442 g/mol. The number of fused-ring (bicyclic) bond motifs is 1. The van der Waals surface area contributed by atoms with E-state index in [0.29, 0.717) is 23.7 Å². The Morgan fingerprint density at radius 3 is 2.36 bits per heavy atom. The normalized spacial score (nSPS) is 11.7. The lowest BCUT2D eigenvalue weighted by Gasteiger charge is -2.19. The summed E-state index contributed by atoms with van der Waals surface area (Å²) in [6.07, 6.45) is 0. The van der Waals surface area contributed by atoms with Crippen LogP contribution in [0.5, 0.6) is 5.75 Å². The average molecular weight is 443 g/mol. The lowest BCUT2D eigenvalue weighted by atomic mass is 10.1. The number of rotatable bonds is 8. The fourth-order valence-electron chi connectivity index (χ4n) is 3.71. The number of nitrogens with one attached hydrogen (secondary N) is 2. The van der Waals surface area contributed by atoms with Gasteiger partial charge in [0.05, 0.1) is 24.2 Å². The maximum atomic E-state index is 12.8. The van der Waals surface area contributed by atoms with Crippen molar-refractivity contribution in [3.63, 3.8) is 0 Å². The number of hydrogen-bond donors (Lipinski definition) is 2. The number of carbonyl (C=O) groups is 2. The van der Waals surface area contributed by atoms with E-state index < -0.39 is 6.04 Å². The average Bonchev–Trinajstić information content (AvgIpc) is 3.18. The first kappa shape index (κ1) is 22.1. The van der Waals surface area contributed by atoms with Gasteiger partial charge in [-0.05, 0) is 48.9 Å².